The Hall–Kier alpha value is -1.09. The number of hydrogen-bond donors (Lipinski definition) is 0. The topological polar surface area (TPSA) is 12.9 Å². The summed E-state index contributed by atoms with van der Waals surface area (Å²) in [6.45, 7) is 0. The van der Waals surface area contributed by atoms with Gasteiger partial charge in [0.1, 0.15) is 10.8 Å². The van der Waals surface area contributed by atoms with Gasteiger partial charge in [-0.3, -0.25) is 0 Å². The van der Waals surface area contributed by atoms with E-state index in [1.165, 1.54) is 38.2 Å². The number of benzene rings is 1. The van der Waals surface area contributed by atoms with E-state index in [9.17, 15) is 4.39 Å². The van der Waals surface area contributed by atoms with Crippen molar-refractivity contribution in [3.63, 3.8) is 0 Å². The quantitative estimate of drug-likeness (QED) is 0.770. The summed E-state index contributed by atoms with van der Waals surface area (Å²) in [4.78, 5) is 4.44. The van der Waals surface area contributed by atoms with Crippen molar-refractivity contribution >= 4 is 22.5 Å². The van der Waals surface area contributed by atoms with E-state index in [4.69, 9.17) is 0 Å². The highest BCUT2D eigenvalue weighted by atomic mass is 32.2. The van der Waals surface area contributed by atoms with Gasteiger partial charge >= 0.3 is 0 Å². The normalized spacial score (nSPS) is 17.2. The van der Waals surface area contributed by atoms with Gasteiger partial charge in [-0.2, -0.15) is 0 Å². The zero-order valence-corrected chi connectivity index (χ0v) is 11.0. The van der Waals surface area contributed by atoms with Gasteiger partial charge < -0.3 is 0 Å². The Bertz CT molecular complexity index is 549. The maximum atomic E-state index is 13.4. The molecule has 3 heteroatoms. The summed E-state index contributed by atoms with van der Waals surface area (Å²) >= 11 is 1.82. The fourth-order valence-corrected chi connectivity index (χ4v) is 3.86. The van der Waals surface area contributed by atoms with E-state index in [0.29, 0.717) is 5.25 Å². The lowest BCUT2D eigenvalue weighted by Crippen LogP contribution is -2.08. The molecule has 1 aromatic carbocycles. The molecule has 0 spiro atoms. The van der Waals surface area contributed by atoms with E-state index in [2.05, 4.69) is 4.98 Å². The van der Waals surface area contributed by atoms with Crippen molar-refractivity contribution in [2.45, 2.75) is 42.4 Å². The molecule has 0 radical (unpaired) electrons. The highest BCUT2D eigenvalue weighted by molar-refractivity contribution is 8.00. The lowest BCUT2D eigenvalue weighted by atomic mass is 10.0. The van der Waals surface area contributed by atoms with Crippen molar-refractivity contribution in [1.82, 2.24) is 4.98 Å². The van der Waals surface area contributed by atoms with Crippen LogP contribution in [0.1, 0.15) is 32.1 Å². The second kappa shape index (κ2) is 5.27. The summed E-state index contributed by atoms with van der Waals surface area (Å²) in [5.41, 5.74) is 0. The van der Waals surface area contributed by atoms with Gasteiger partial charge in [-0.05, 0) is 36.4 Å². The number of halogens is 1. The van der Waals surface area contributed by atoms with Crippen molar-refractivity contribution < 1.29 is 4.39 Å². The van der Waals surface area contributed by atoms with Crippen molar-refractivity contribution in [2.75, 3.05) is 0 Å². The van der Waals surface area contributed by atoms with Crippen molar-refractivity contribution in [3.05, 3.63) is 36.3 Å². The number of aromatic nitrogens is 1. The van der Waals surface area contributed by atoms with Gasteiger partial charge in [0.05, 0.1) is 0 Å². The van der Waals surface area contributed by atoms with Crippen LogP contribution in [0, 0.1) is 5.82 Å². The molecule has 0 amide bonds. The number of pyridine rings is 1. The van der Waals surface area contributed by atoms with Gasteiger partial charge in [-0.25, -0.2) is 9.37 Å². The minimum atomic E-state index is -0.180. The van der Waals surface area contributed by atoms with E-state index in [-0.39, 0.29) is 5.82 Å². The Balaban J connectivity index is 1.92. The van der Waals surface area contributed by atoms with Crippen LogP contribution in [-0.2, 0) is 0 Å². The fourth-order valence-electron chi connectivity index (χ4n) is 2.55. The zero-order valence-electron chi connectivity index (χ0n) is 10.2. The predicted octanol–water partition coefficient (Wildman–Crippen LogP) is 4.80. The first-order chi connectivity index (χ1) is 8.83. The van der Waals surface area contributed by atoms with Crippen LogP contribution in [0.4, 0.5) is 4.39 Å². The van der Waals surface area contributed by atoms with Crippen LogP contribution >= 0.6 is 11.8 Å². The average molecular weight is 261 g/mol. The van der Waals surface area contributed by atoms with Crippen LogP contribution in [0.3, 0.4) is 0 Å². The lowest BCUT2D eigenvalue weighted by molar-refractivity contribution is 0.516. The van der Waals surface area contributed by atoms with Crippen LogP contribution in [0.5, 0.6) is 0 Å². The number of hydrogen-bond acceptors (Lipinski definition) is 2. The molecule has 1 aromatic heterocycles. The molecule has 0 N–H and O–H groups in total. The average Bonchev–Trinajstić information content (AvgIpc) is 2.41. The monoisotopic (exact) mass is 261 g/mol. The van der Waals surface area contributed by atoms with Crippen LogP contribution < -0.4 is 0 Å². The molecule has 0 unspecified atom stereocenters. The summed E-state index contributed by atoms with van der Waals surface area (Å²) in [5, 5.41) is 3.66. The van der Waals surface area contributed by atoms with E-state index >= 15 is 0 Å². The van der Waals surface area contributed by atoms with Crippen LogP contribution in [-0.4, -0.2) is 10.2 Å². The minimum Gasteiger partial charge on any atom is -0.249 e. The van der Waals surface area contributed by atoms with Crippen molar-refractivity contribution in [3.8, 4) is 0 Å². The first-order valence-corrected chi connectivity index (χ1v) is 7.42. The number of nitrogens with zero attached hydrogens (tertiary/aromatic N) is 1. The standard InChI is InChI=1S/C15H16FNS/c16-12-7-6-11-8-9-17-15(14(11)10-12)18-13-4-2-1-3-5-13/h6-10,13H,1-5H2. The molecule has 1 aliphatic carbocycles. The van der Waals surface area contributed by atoms with E-state index in [1.54, 1.807) is 6.07 Å². The molecular formula is C15H16FNS. The molecule has 1 aliphatic rings. The Morgan fingerprint density at radius 2 is 1.94 bits per heavy atom. The molecule has 0 saturated heterocycles. The first-order valence-electron chi connectivity index (χ1n) is 6.54. The maximum Gasteiger partial charge on any atom is 0.123 e. The Morgan fingerprint density at radius 3 is 2.78 bits per heavy atom. The summed E-state index contributed by atoms with van der Waals surface area (Å²) < 4.78 is 13.4. The molecule has 1 heterocycles. The van der Waals surface area contributed by atoms with Gasteiger partial charge in [0.2, 0.25) is 0 Å². The SMILES string of the molecule is Fc1ccc2ccnc(SC3CCCCC3)c2c1. The second-order valence-electron chi connectivity index (χ2n) is 4.86. The first kappa shape index (κ1) is 12.0. The maximum absolute atomic E-state index is 13.4. The number of fused-ring (bicyclic) bond motifs is 1. The summed E-state index contributed by atoms with van der Waals surface area (Å²) in [6, 6.07) is 6.89. The third-order valence-electron chi connectivity index (χ3n) is 3.52. The molecule has 0 atom stereocenters. The Kier molecular flexibility index (Phi) is 3.50. The van der Waals surface area contributed by atoms with Gasteiger partial charge in [-0.1, -0.05) is 25.3 Å². The third-order valence-corrected chi connectivity index (χ3v) is 4.88. The molecule has 3 rings (SSSR count). The fraction of sp³-hybridized carbons (Fsp3) is 0.400. The molecule has 0 bridgehead atoms. The highest BCUT2D eigenvalue weighted by Crippen LogP contribution is 2.35. The largest absolute Gasteiger partial charge is 0.249 e. The van der Waals surface area contributed by atoms with E-state index < -0.39 is 0 Å². The smallest absolute Gasteiger partial charge is 0.123 e. The van der Waals surface area contributed by atoms with E-state index in [0.717, 1.165) is 15.8 Å². The van der Waals surface area contributed by atoms with Crippen LogP contribution in [0.2, 0.25) is 0 Å². The van der Waals surface area contributed by atoms with Gasteiger partial charge in [0, 0.05) is 16.8 Å². The van der Waals surface area contributed by atoms with E-state index in [1.807, 2.05) is 30.1 Å². The summed E-state index contributed by atoms with van der Waals surface area (Å²) in [7, 11) is 0. The predicted molar refractivity (Wildman–Crippen MR) is 74.4 cm³/mol. The molecule has 2 aromatic rings. The minimum absolute atomic E-state index is 0.180. The second-order valence-corrected chi connectivity index (χ2v) is 6.15. The summed E-state index contributed by atoms with van der Waals surface area (Å²) in [6.07, 6.45) is 8.34. The highest BCUT2D eigenvalue weighted by Gasteiger charge is 2.16. The lowest BCUT2D eigenvalue weighted by Gasteiger charge is -2.20. The molecule has 1 fully saturated rings. The molecule has 0 aliphatic heterocycles. The number of thioether (sulfide) groups is 1. The van der Waals surface area contributed by atoms with Gasteiger partial charge in [0.15, 0.2) is 0 Å². The van der Waals surface area contributed by atoms with Crippen LogP contribution in [0.25, 0.3) is 10.8 Å². The number of rotatable bonds is 2. The zero-order chi connectivity index (χ0) is 12.4. The third kappa shape index (κ3) is 2.51. The molecule has 1 saturated carbocycles. The van der Waals surface area contributed by atoms with Gasteiger partial charge in [-0.15, -0.1) is 11.8 Å². The van der Waals surface area contributed by atoms with Crippen molar-refractivity contribution in [2.24, 2.45) is 0 Å². The van der Waals surface area contributed by atoms with Gasteiger partial charge in [0.25, 0.3) is 0 Å². The Labute approximate surface area is 111 Å². The molecule has 1 nitrogen and oxygen atoms in total. The van der Waals surface area contributed by atoms with Crippen molar-refractivity contribution in [1.29, 1.82) is 0 Å². The Morgan fingerprint density at radius 1 is 1.11 bits per heavy atom. The molecular weight excluding hydrogens is 245 g/mol. The molecule has 94 valence electrons. The van der Waals surface area contributed by atoms with Crippen LogP contribution in [0.15, 0.2) is 35.5 Å². The molecule has 18 heavy (non-hydrogen) atoms. The summed E-state index contributed by atoms with van der Waals surface area (Å²) in [5.74, 6) is -0.180.